The third kappa shape index (κ3) is 3.52. The van der Waals surface area contributed by atoms with E-state index in [4.69, 9.17) is 11.6 Å². The molecule has 0 spiro atoms. The first-order valence-electron chi connectivity index (χ1n) is 7.23. The lowest BCUT2D eigenvalue weighted by Crippen LogP contribution is -2.47. The van der Waals surface area contributed by atoms with Gasteiger partial charge in [0.25, 0.3) is 0 Å². The smallest absolute Gasteiger partial charge is 0.368 e. The van der Waals surface area contributed by atoms with Gasteiger partial charge in [-0.15, -0.1) is 0 Å². The zero-order chi connectivity index (χ0) is 16.4. The van der Waals surface area contributed by atoms with Gasteiger partial charge in [0.05, 0.1) is 10.6 Å². The highest BCUT2D eigenvalue weighted by Crippen LogP contribution is 2.33. The summed E-state index contributed by atoms with van der Waals surface area (Å²) in [6, 6.07) is 10.9. The Bertz CT molecular complexity index is 668. The molecule has 0 radical (unpaired) electrons. The van der Waals surface area contributed by atoms with E-state index in [-0.39, 0.29) is 5.02 Å². The lowest BCUT2D eigenvalue weighted by molar-refractivity contribution is -0.137. The SMILES string of the molecule is FC(F)(F)c1cnc(N2CCN(c3ccccc3)CC2)c(Cl)c1. The lowest BCUT2D eigenvalue weighted by Gasteiger charge is -2.37. The van der Waals surface area contributed by atoms with E-state index in [1.165, 1.54) is 0 Å². The van der Waals surface area contributed by atoms with E-state index >= 15 is 0 Å². The highest BCUT2D eigenvalue weighted by molar-refractivity contribution is 6.33. The number of piperazine rings is 1. The van der Waals surface area contributed by atoms with Crippen LogP contribution in [0.15, 0.2) is 42.6 Å². The summed E-state index contributed by atoms with van der Waals surface area (Å²) >= 11 is 6.00. The van der Waals surface area contributed by atoms with Gasteiger partial charge in [0.1, 0.15) is 5.82 Å². The van der Waals surface area contributed by atoms with Crippen LogP contribution in [0.4, 0.5) is 24.7 Å². The van der Waals surface area contributed by atoms with Gasteiger partial charge in [0.15, 0.2) is 0 Å². The van der Waals surface area contributed by atoms with Crippen LogP contribution in [0.25, 0.3) is 0 Å². The van der Waals surface area contributed by atoms with Gasteiger partial charge in [-0.25, -0.2) is 4.98 Å². The molecule has 1 fully saturated rings. The van der Waals surface area contributed by atoms with Crippen molar-refractivity contribution >= 4 is 23.1 Å². The number of hydrogen-bond donors (Lipinski definition) is 0. The first kappa shape index (κ1) is 15.9. The largest absolute Gasteiger partial charge is 0.417 e. The molecule has 23 heavy (non-hydrogen) atoms. The fourth-order valence-electron chi connectivity index (χ4n) is 2.63. The van der Waals surface area contributed by atoms with Gasteiger partial charge in [-0.3, -0.25) is 0 Å². The molecule has 0 amide bonds. The maximum atomic E-state index is 12.7. The molecule has 3 rings (SSSR count). The van der Waals surface area contributed by atoms with Crippen molar-refractivity contribution < 1.29 is 13.2 Å². The fraction of sp³-hybridized carbons (Fsp3) is 0.312. The Kier molecular flexibility index (Phi) is 4.35. The molecule has 1 aliphatic rings. The van der Waals surface area contributed by atoms with Crippen molar-refractivity contribution in [2.45, 2.75) is 6.18 Å². The van der Waals surface area contributed by atoms with Crippen LogP contribution in [0.1, 0.15) is 5.56 Å². The third-order valence-corrected chi connectivity index (χ3v) is 4.13. The van der Waals surface area contributed by atoms with Crippen LogP contribution >= 0.6 is 11.6 Å². The minimum atomic E-state index is -4.43. The molecular weight excluding hydrogens is 327 g/mol. The van der Waals surface area contributed by atoms with E-state index in [0.717, 1.165) is 31.0 Å². The molecule has 0 atom stereocenters. The van der Waals surface area contributed by atoms with Gasteiger partial charge in [-0.05, 0) is 18.2 Å². The zero-order valence-corrected chi connectivity index (χ0v) is 13.0. The Morgan fingerprint density at radius 2 is 1.57 bits per heavy atom. The Morgan fingerprint density at radius 3 is 2.13 bits per heavy atom. The van der Waals surface area contributed by atoms with Crippen molar-refractivity contribution in [2.24, 2.45) is 0 Å². The number of para-hydroxylation sites is 1. The van der Waals surface area contributed by atoms with Crippen molar-refractivity contribution in [3.63, 3.8) is 0 Å². The first-order chi connectivity index (χ1) is 10.9. The second-order valence-corrected chi connectivity index (χ2v) is 5.74. The molecule has 122 valence electrons. The minimum Gasteiger partial charge on any atom is -0.368 e. The number of anilines is 2. The Labute approximate surface area is 137 Å². The number of aromatic nitrogens is 1. The zero-order valence-electron chi connectivity index (χ0n) is 12.2. The molecule has 7 heteroatoms. The van der Waals surface area contributed by atoms with Crippen molar-refractivity contribution in [1.82, 2.24) is 4.98 Å². The second kappa shape index (κ2) is 6.28. The number of pyridine rings is 1. The summed E-state index contributed by atoms with van der Waals surface area (Å²) in [5.41, 5.74) is 0.313. The molecule has 1 aliphatic heterocycles. The average molecular weight is 342 g/mol. The number of rotatable bonds is 2. The molecule has 2 heterocycles. The number of nitrogens with zero attached hydrogens (tertiary/aromatic N) is 3. The summed E-state index contributed by atoms with van der Waals surface area (Å²) < 4.78 is 38.0. The van der Waals surface area contributed by atoms with Crippen LogP contribution in [0.2, 0.25) is 5.02 Å². The topological polar surface area (TPSA) is 19.4 Å². The van der Waals surface area contributed by atoms with Crippen molar-refractivity contribution in [3.8, 4) is 0 Å². The third-order valence-electron chi connectivity index (χ3n) is 3.85. The molecule has 1 saturated heterocycles. The van der Waals surface area contributed by atoms with E-state index in [1.54, 1.807) is 0 Å². The second-order valence-electron chi connectivity index (χ2n) is 5.34. The number of halogens is 4. The van der Waals surface area contributed by atoms with Crippen LogP contribution in [-0.4, -0.2) is 31.2 Å². The molecule has 1 aromatic heterocycles. The van der Waals surface area contributed by atoms with Gasteiger partial charge in [-0.1, -0.05) is 29.8 Å². The van der Waals surface area contributed by atoms with E-state index in [1.807, 2.05) is 35.2 Å². The molecule has 0 N–H and O–H groups in total. The molecule has 0 aliphatic carbocycles. The predicted octanol–water partition coefficient (Wildman–Crippen LogP) is 4.08. The highest BCUT2D eigenvalue weighted by Gasteiger charge is 2.32. The normalized spacial score (nSPS) is 15.8. The predicted molar refractivity (Wildman–Crippen MR) is 85.1 cm³/mol. The summed E-state index contributed by atoms with van der Waals surface area (Å²) in [4.78, 5) is 8.07. The maximum absolute atomic E-state index is 12.7. The Balaban J connectivity index is 1.71. The number of benzene rings is 1. The quantitative estimate of drug-likeness (QED) is 0.820. The van der Waals surface area contributed by atoms with Gasteiger partial charge in [-0.2, -0.15) is 13.2 Å². The summed E-state index contributed by atoms with van der Waals surface area (Å²) in [7, 11) is 0. The van der Waals surface area contributed by atoms with E-state index in [2.05, 4.69) is 9.88 Å². The lowest BCUT2D eigenvalue weighted by atomic mass is 10.2. The van der Waals surface area contributed by atoms with Crippen LogP contribution in [0.3, 0.4) is 0 Å². The van der Waals surface area contributed by atoms with Crippen LogP contribution in [0, 0.1) is 0 Å². The molecule has 2 aromatic rings. The van der Waals surface area contributed by atoms with E-state index in [9.17, 15) is 13.2 Å². The Morgan fingerprint density at radius 1 is 0.957 bits per heavy atom. The molecule has 3 nitrogen and oxygen atoms in total. The van der Waals surface area contributed by atoms with Gasteiger partial charge < -0.3 is 9.80 Å². The molecular formula is C16H15ClF3N3. The first-order valence-corrected chi connectivity index (χ1v) is 7.60. The summed E-state index contributed by atoms with van der Waals surface area (Å²) in [6.45, 7) is 2.85. The summed E-state index contributed by atoms with van der Waals surface area (Å²) in [6.07, 6.45) is -3.59. The monoisotopic (exact) mass is 341 g/mol. The van der Waals surface area contributed by atoms with Crippen molar-refractivity contribution in [3.05, 3.63) is 53.2 Å². The van der Waals surface area contributed by atoms with Gasteiger partial charge in [0.2, 0.25) is 0 Å². The van der Waals surface area contributed by atoms with Gasteiger partial charge >= 0.3 is 6.18 Å². The van der Waals surface area contributed by atoms with Gasteiger partial charge in [0, 0.05) is 38.1 Å². The minimum absolute atomic E-state index is 0.0352. The maximum Gasteiger partial charge on any atom is 0.417 e. The van der Waals surface area contributed by atoms with Crippen LogP contribution < -0.4 is 9.80 Å². The average Bonchev–Trinajstić information content (AvgIpc) is 2.55. The van der Waals surface area contributed by atoms with Crippen molar-refractivity contribution in [1.29, 1.82) is 0 Å². The van der Waals surface area contributed by atoms with Crippen molar-refractivity contribution in [2.75, 3.05) is 36.0 Å². The van der Waals surface area contributed by atoms with E-state index < -0.39 is 11.7 Å². The standard InChI is InChI=1S/C16H15ClF3N3/c17-14-10-12(16(18,19)20)11-21-15(14)23-8-6-22(7-9-23)13-4-2-1-3-5-13/h1-5,10-11H,6-9H2. The Hall–Kier alpha value is -1.95. The highest BCUT2D eigenvalue weighted by atomic mass is 35.5. The fourth-order valence-corrected chi connectivity index (χ4v) is 2.92. The summed E-state index contributed by atoms with van der Waals surface area (Å²) in [5, 5.41) is 0.0352. The molecule has 1 aromatic carbocycles. The van der Waals surface area contributed by atoms with Crippen LogP contribution in [0.5, 0.6) is 0 Å². The summed E-state index contributed by atoms with van der Waals surface area (Å²) in [5.74, 6) is 0.410. The number of alkyl halides is 3. The molecule has 0 bridgehead atoms. The molecule has 0 saturated carbocycles. The number of hydrogen-bond acceptors (Lipinski definition) is 3. The molecule has 0 unspecified atom stereocenters. The van der Waals surface area contributed by atoms with Crippen LogP contribution in [-0.2, 0) is 6.18 Å². The van der Waals surface area contributed by atoms with E-state index in [0.29, 0.717) is 18.9 Å².